The zero-order valence-electron chi connectivity index (χ0n) is 10.7. The molecule has 1 fully saturated rings. The van der Waals surface area contributed by atoms with Gasteiger partial charge in [-0.3, -0.25) is 0 Å². The van der Waals surface area contributed by atoms with Crippen molar-refractivity contribution in [2.45, 2.75) is 32.2 Å². The fourth-order valence-corrected chi connectivity index (χ4v) is 2.21. The number of nitrogens with one attached hydrogen (secondary N) is 1. The van der Waals surface area contributed by atoms with Gasteiger partial charge in [0, 0.05) is 13.2 Å². The highest BCUT2D eigenvalue weighted by Crippen LogP contribution is 2.28. The summed E-state index contributed by atoms with van der Waals surface area (Å²) in [5.41, 5.74) is 1.52. The molecule has 0 aromatic carbocycles. The fourth-order valence-electron chi connectivity index (χ4n) is 2.03. The molecule has 6 heteroatoms. The number of nitrogens with zero attached hydrogens (tertiary/aromatic N) is 2. The van der Waals surface area contributed by atoms with Gasteiger partial charge in [0.1, 0.15) is 0 Å². The number of aromatic nitrogens is 2. The maximum atomic E-state index is 9.63. The first kappa shape index (κ1) is 13.5. The van der Waals surface area contributed by atoms with E-state index in [1.165, 1.54) is 0 Å². The van der Waals surface area contributed by atoms with Crippen LogP contribution in [0, 0.1) is 13.8 Å². The lowest BCUT2D eigenvalue weighted by Gasteiger charge is -2.37. The maximum Gasteiger partial charge on any atom is 0.155 e. The standard InChI is InChI=1S/C12H18ClN3O2/c1-8-9(2)11(16-15-10(8)13)14-12(7-17)3-5-18-6-4-12/h17H,3-7H2,1-2H3,(H,14,16). The van der Waals surface area contributed by atoms with Crippen molar-refractivity contribution in [1.29, 1.82) is 0 Å². The molecule has 0 saturated carbocycles. The van der Waals surface area contributed by atoms with Crippen LogP contribution in [0.4, 0.5) is 5.82 Å². The van der Waals surface area contributed by atoms with Crippen LogP contribution in [-0.2, 0) is 4.74 Å². The van der Waals surface area contributed by atoms with Crippen LogP contribution in [0.1, 0.15) is 24.0 Å². The van der Waals surface area contributed by atoms with Crippen LogP contribution < -0.4 is 5.32 Å². The summed E-state index contributed by atoms with van der Waals surface area (Å²) in [5, 5.41) is 21.4. The second kappa shape index (κ2) is 5.38. The molecule has 2 heterocycles. The number of halogens is 1. The lowest BCUT2D eigenvalue weighted by molar-refractivity contribution is 0.0378. The Kier molecular flexibility index (Phi) is 4.04. The molecule has 100 valence electrons. The number of aliphatic hydroxyl groups excluding tert-OH is 1. The predicted octanol–water partition coefficient (Wildman–Crippen LogP) is 1.70. The average Bonchev–Trinajstić information content (AvgIpc) is 2.41. The third-order valence-corrected chi connectivity index (χ3v) is 3.96. The van der Waals surface area contributed by atoms with E-state index in [1.807, 2.05) is 13.8 Å². The number of aliphatic hydroxyl groups is 1. The SMILES string of the molecule is Cc1c(Cl)nnc(NC2(CO)CCOCC2)c1C. The summed E-state index contributed by atoms with van der Waals surface area (Å²) in [5.74, 6) is 0.688. The Morgan fingerprint density at radius 2 is 1.94 bits per heavy atom. The molecule has 1 saturated heterocycles. The summed E-state index contributed by atoms with van der Waals surface area (Å²) < 4.78 is 5.33. The first-order valence-corrected chi connectivity index (χ1v) is 6.42. The molecule has 0 amide bonds. The Labute approximate surface area is 112 Å². The van der Waals surface area contributed by atoms with E-state index in [0.717, 1.165) is 24.0 Å². The Bertz CT molecular complexity index is 434. The molecule has 0 bridgehead atoms. The van der Waals surface area contributed by atoms with E-state index >= 15 is 0 Å². The summed E-state index contributed by atoms with van der Waals surface area (Å²) >= 11 is 5.93. The van der Waals surface area contributed by atoms with Gasteiger partial charge in [-0.05, 0) is 37.8 Å². The van der Waals surface area contributed by atoms with Crippen molar-refractivity contribution in [2.24, 2.45) is 0 Å². The molecule has 1 aliphatic rings. The molecule has 0 atom stereocenters. The van der Waals surface area contributed by atoms with Crippen molar-refractivity contribution in [3.05, 3.63) is 16.3 Å². The summed E-state index contributed by atoms with van der Waals surface area (Å²) in [6.45, 7) is 5.20. The van der Waals surface area contributed by atoms with Crippen LogP contribution in [0.3, 0.4) is 0 Å². The minimum absolute atomic E-state index is 0.0547. The molecule has 2 N–H and O–H groups in total. The fraction of sp³-hybridized carbons (Fsp3) is 0.667. The Morgan fingerprint density at radius 3 is 2.56 bits per heavy atom. The van der Waals surface area contributed by atoms with Gasteiger partial charge in [-0.2, -0.15) is 0 Å². The van der Waals surface area contributed by atoms with Gasteiger partial charge < -0.3 is 15.2 Å². The number of ether oxygens (including phenoxy) is 1. The molecule has 1 aromatic rings. The van der Waals surface area contributed by atoms with Crippen molar-refractivity contribution in [3.63, 3.8) is 0 Å². The third-order valence-electron chi connectivity index (χ3n) is 3.60. The molecule has 1 aromatic heterocycles. The zero-order valence-corrected chi connectivity index (χ0v) is 11.4. The molecule has 18 heavy (non-hydrogen) atoms. The molecule has 2 rings (SSSR count). The predicted molar refractivity (Wildman–Crippen MR) is 70.0 cm³/mol. The number of hydrogen-bond donors (Lipinski definition) is 2. The number of rotatable bonds is 3. The van der Waals surface area contributed by atoms with Crippen LogP contribution in [0.15, 0.2) is 0 Å². The topological polar surface area (TPSA) is 67.3 Å². The largest absolute Gasteiger partial charge is 0.394 e. The van der Waals surface area contributed by atoms with Crippen molar-refractivity contribution in [3.8, 4) is 0 Å². The van der Waals surface area contributed by atoms with Gasteiger partial charge in [-0.15, -0.1) is 10.2 Å². The van der Waals surface area contributed by atoms with Gasteiger partial charge in [0.25, 0.3) is 0 Å². The van der Waals surface area contributed by atoms with Gasteiger partial charge in [0.05, 0.1) is 12.1 Å². The van der Waals surface area contributed by atoms with Crippen molar-refractivity contribution >= 4 is 17.4 Å². The van der Waals surface area contributed by atoms with Crippen molar-refractivity contribution in [1.82, 2.24) is 10.2 Å². The average molecular weight is 272 g/mol. The smallest absolute Gasteiger partial charge is 0.155 e. The number of anilines is 1. The minimum Gasteiger partial charge on any atom is -0.394 e. The normalized spacial score (nSPS) is 18.7. The van der Waals surface area contributed by atoms with E-state index in [2.05, 4.69) is 15.5 Å². The highest BCUT2D eigenvalue weighted by molar-refractivity contribution is 6.30. The highest BCUT2D eigenvalue weighted by Gasteiger charge is 2.32. The number of hydrogen-bond acceptors (Lipinski definition) is 5. The summed E-state index contributed by atoms with van der Waals surface area (Å²) in [6, 6.07) is 0. The summed E-state index contributed by atoms with van der Waals surface area (Å²) in [6.07, 6.45) is 1.51. The van der Waals surface area contributed by atoms with E-state index < -0.39 is 0 Å². The van der Waals surface area contributed by atoms with Crippen LogP contribution in [0.5, 0.6) is 0 Å². The van der Waals surface area contributed by atoms with Gasteiger partial charge in [0.2, 0.25) is 0 Å². The monoisotopic (exact) mass is 271 g/mol. The van der Waals surface area contributed by atoms with Crippen LogP contribution in [0.2, 0.25) is 5.15 Å². The van der Waals surface area contributed by atoms with Gasteiger partial charge in [0.15, 0.2) is 11.0 Å². The first-order chi connectivity index (χ1) is 8.58. The van der Waals surface area contributed by atoms with Gasteiger partial charge in [-0.1, -0.05) is 11.6 Å². The molecule has 0 unspecified atom stereocenters. The summed E-state index contributed by atoms with van der Waals surface area (Å²) in [7, 11) is 0. The van der Waals surface area contributed by atoms with E-state index in [0.29, 0.717) is 24.2 Å². The molecule has 0 radical (unpaired) electrons. The molecule has 1 aliphatic heterocycles. The lowest BCUT2D eigenvalue weighted by atomic mass is 9.90. The first-order valence-electron chi connectivity index (χ1n) is 6.04. The summed E-state index contributed by atoms with van der Waals surface area (Å²) in [4.78, 5) is 0. The second-order valence-corrected chi connectivity index (χ2v) is 5.12. The molecule has 5 nitrogen and oxygen atoms in total. The maximum absolute atomic E-state index is 9.63. The lowest BCUT2D eigenvalue weighted by Crippen LogP contribution is -2.47. The van der Waals surface area contributed by atoms with Crippen LogP contribution in [0.25, 0.3) is 0 Å². The van der Waals surface area contributed by atoms with E-state index in [1.54, 1.807) is 0 Å². The third kappa shape index (κ3) is 2.58. The van der Waals surface area contributed by atoms with Crippen molar-refractivity contribution in [2.75, 3.05) is 25.1 Å². The Hall–Kier alpha value is -0.910. The Morgan fingerprint density at radius 1 is 1.28 bits per heavy atom. The minimum atomic E-state index is -0.363. The quantitative estimate of drug-likeness (QED) is 0.876. The molecular weight excluding hydrogens is 254 g/mol. The van der Waals surface area contributed by atoms with Crippen molar-refractivity contribution < 1.29 is 9.84 Å². The molecule has 0 aliphatic carbocycles. The zero-order chi connectivity index (χ0) is 13.2. The second-order valence-electron chi connectivity index (χ2n) is 4.77. The molecular formula is C12H18ClN3O2. The van der Waals surface area contributed by atoms with Gasteiger partial charge >= 0.3 is 0 Å². The van der Waals surface area contributed by atoms with E-state index in [-0.39, 0.29) is 12.1 Å². The van der Waals surface area contributed by atoms with Crippen LogP contribution >= 0.6 is 11.6 Å². The highest BCUT2D eigenvalue weighted by atomic mass is 35.5. The molecule has 0 spiro atoms. The van der Waals surface area contributed by atoms with Gasteiger partial charge in [-0.25, -0.2) is 0 Å². The van der Waals surface area contributed by atoms with E-state index in [9.17, 15) is 5.11 Å². The Balaban J connectivity index is 2.24. The van der Waals surface area contributed by atoms with E-state index in [4.69, 9.17) is 16.3 Å². The van der Waals surface area contributed by atoms with Crippen LogP contribution in [-0.4, -0.2) is 40.7 Å².